The number of thiophene rings is 1. The normalized spacial score (nSPS) is 14.2. The van der Waals surface area contributed by atoms with Crippen LogP contribution in [0.2, 0.25) is 0 Å². The van der Waals surface area contributed by atoms with E-state index in [2.05, 4.69) is 34.1 Å². The zero-order valence-corrected chi connectivity index (χ0v) is 21.7. The molecule has 36 heavy (non-hydrogen) atoms. The van der Waals surface area contributed by atoms with Crippen LogP contribution in [0, 0.1) is 0 Å². The van der Waals surface area contributed by atoms with E-state index in [1.54, 1.807) is 12.1 Å². The second-order valence-corrected chi connectivity index (χ2v) is 10.6. The highest BCUT2D eigenvalue weighted by Crippen LogP contribution is 2.41. The fourth-order valence-electron chi connectivity index (χ4n) is 4.75. The van der Waals surface area contributed by atoms with Crippen LogP contribution in [0.3, 0.4) is 0 Å². The number of likely N-dealkylation sites (tertiary alicyclic amines) is 1. The number of phenolic OH excluding ortho intramolecular Hbond substituents is 1. The van der Waals surface area contributed by atoms with Gasteiger partial charge in [0.25, 0.3) is 0 Å². The highest BCUT2D eigenvalue weighted by molar-refractivity contribution is 7.22. The molecule has 5 nitrogen and oxygen atoms in total. The van der Waals surface area contributed by atoms with E-state index in [9.17, 15) is 9.90 Å². The third-order valence-electron chi connectivity index (χ3n) is 6.79. The van der Waals surface area contributed by atoms with Gasteiger partial charge in [0.2, 0.25) is 0 Å². The third-order valence-corrected chi connectivity index (χ3v) is 7.99. The summed E-state index contributed by atoms with van der Waals surface area (Å²) in [6.07, 6.45) is 3.88. The summed E-state index contributed by atoms with van der Waals surface area (Å²) >= 11 is 1.53. The van der Waals surface area contributed by atoms with Crippen LogP contribution in [0.25, 0.3) is 20.5 Å². The van der Waals surface area contributed by atoms with Crippen LogP contribution in [0.1, 0.15) is 35.2 Å². The SMILES string of the molecule is CN(C)c1ccc(-c2sc3cc(O)ccc3c2C(=O)c2ccc(OCCN3CCCCC3)cc2)cc1. The molecule has 0 atom stereocenters. The molecule has 0 aliphatic carbocycles. The van der Waals surface area contributed by atoms with E-state index in [0.717, 1.165) is 51.6 Å². The molecule has 1 aliphatic rings. The van der Waals surface area contributed by atoms with Gasteiger partial charge in [-0.3, -0.25) is 9.69 Å². The predicted molar refractivity (Wildman–Crippen MR) is 149 cm³/mol. The minimum Gasteiger partial charge on any atom is -0.508 e. The first-order valence-corrected chi connectivity index (χ1v) is 13.3. The Labute approximate surface area is 216 Å². The lowest BCUT2D eigenvalue weighted by atomic mass is 9.97. The van der Waals surface area contributed by atoms with E-state index >= 15 is 0 Å². The second kappa shape index (κ2) is 10.7. The maximum atomic E-state index is 13.8. The number of aromatic hydroxyl groups is 1. The molecule has 0 bridgehead atoms. The standard InChI is InChI=1S/C30H32N2O3S/c1-31(2)23-10-6-22(7-11-23)30-28(26-15-12-24(33)20-27(26)36-30)29(34)21-8-13-25(14-9-21)35-19-18-32-16-4-3-5-17-32/h6-15,20,33H,3-5,16-19H2,1-2H3. The molecule has 4 aromatic rings. The Morgan fingerprint density at radius 3 is 2.39 bits per heavy atom. The van der Waals surface area contributed by atoms with Gasteiger partial charge in [-0.25, -0.2) is 0 Å². The van der Waals surface area contributed by atoms with Crippen molar-refractivity contribution in [3.63, 3.8) is 0 Å². The number of carbonyl (C=O) groups is 1. The van der Waals surface area contributed by atoms with Crippen LogP contribution in [0.4, 0.5) is 5.69 Å². The molecular weight excluding hydrogens is 468 g/mol. The van der Waals surface area contributed by atoms with Gasteiger partial charge in [0, 0.05) is 52.4 Å². The van der Waals surface area contributed by atoms with Crippen molar-refractivity contribution in [2.45, 2.75) is 19.3 Å². The molecule has 3 aromatic carbocycles. The van der Waals surface area contributed by atoms with Crippen molar-refractivity contribution in [2.75, 3.05) is 45.2 Å². The number of hydrogen-bond donors (Lipinski definition) is 1. The molecule has 186 valence electrons. The van der Waals surface area contributed by atoms with E-state index in [-0.39, 0.29) is 11.5 Å². The summed E-state index contributed by atoms with van der Waals surface area (Å²) < 4.78 is 6.85. The summed E-state index contributed by atoms with van der Waals surface area (Å²) in [5, 5.41) is 10.9. The van der Waals surface area contributed by atoms with E-state index in [1.165, 1.54) is 30.6 Å². The van der Waals surface area contributed by atoms with E-state index < -0.39 is 0 Å². The van der Waals surface area contributed by atoms with Crippen LogP contribution in [0.15, 0.2) is 66.7 Å². The Kier molecular flexibility index (Phi) is 7.25. The lowest BCUT2D eigenvalue weighted by Gasteiger charge is -2.26. The number of ether oxygens (including phenoxy) is 1. The van der Waals surface area contributed by atoms with Crippen LogP contribution in [-0.2, 0) is 0 Å². The molecule has 0 saturated carbocycles. The van der Waals surface area contributed by atoms with Crippen molar-refractivity contribution in [3.05, 3.63) is 77.9 Å². The van der Waals surface area contributed by atoms with Gasteiger partial charge in [0.1, 0.15) is 18.1 Å². The van der Waals surface area contributed by atoms with Gasteiger partial charge >= 0.3 is 0 Å². The highest BCUT2D eigenvalue weighted by Gasteiger charge is 2.22. The monoisotopic (exact) mass is 500 g/mol. The summed E-state index contributed by atoms with van der Waals surface area (Å²) in [5.41, 5.74) is 3.38. The molecule has 1 saturated heterocycles. The Balaban J connectivity index is 1.40. The third kappa shape index (κ3) is 5.25. The molecule has 0 amide bonds. The van der Waals surface area contributed by atoms with Gasteiger partial charge < -0.3 is 14.7 Å². The molecule has 2 heterocycles. The molecular formula is C30H32N2O3S. The lowest BCUT2D eigenvalue weighted by molar-refractivity contribution is 0.104. The van der Waals surface area contributed by atoms with Crippen LogP contribution >= 0.6 is 11.3 Å². The van der Waals surface area contributed by atoms with Crippen LogP contribution < -0.4 is 9.64 Å². The van der Waals surface area contributed by atoms with E-state index in [0.29, 0.717) is 17.7 Å². The number of ketones is 1. The zero-order chi connectivity index (χ0) is 25.1. The Hall–Kier alpha value is -3.35. The number of benzene rings is 3. The fourth-order valence-corrected chi connectivity index (χ4v) is 5.99. The molecule has 6 heteroatoms. The molecule has 0 spiro atoms. The summed E-state index contributed by atoms with van der Waals surface area (Å²) in [7, 11) is 4.01. The first-order chi connectivity index (χ1) is 17.5. The molecule has 5 rings (SSSR count). The Morgan fingerprint density at radius 2 is 1.69 bits per heavy atom. The lowest BCUT2D eigenvalue weighted by Crippen LogP contribution is -2.33. The topological polar surface area (TPSA) is 53.0 Å². The van der Waals surface area contributed by atoms with Gasteiger partial charge in [0.15, 0.2) is 5.78 Å². The van der Waals surface area contributed by atoms with Gasteiger partial charge in [-0.1, -0.05) is 18.6 Å². The quantitative estimate of drug-likeness (QED) is 0.282. The van der Waals surface area contributed by atoms with Gasteiger partial charge in [-0.05, 0) is 86.1 Å². The summed E-state index contributed by atoms with van der Waals surface area (Å²) in [6, 6.07) is 20.9. The van der Waals surface area contributed by atoms with Crippen molar-refractivity contribution in [1.82, 2.24) is 4.90 Å². The van der Waals surface area contributed by atoms with Gasteiger partial charge in [-0.15, -0.1) is 11.3 Å². The van der Waals surface area contributed by atoms with Crippen molar-refractivity contribution < 1.29 is 14.6 Å². The van der Waals surface area contributed by atoms with E-state index in [4.69, 9.17) is 4.74 Å². The number of piperidine rings is 1. The second-order valence-electron chi connectivity index (χ2n) is 9.53. The molecule has 1 aliphatic heterocycles. The zero-order valence-electron chi connectivity index (χ0n) is 20.9. The number of nitrogens with zero attached hydrogens (tertiary/aromatic N) is 2. The predicted octanol–water partition coefficient (Wildman–Crippen LogP) is 6.44. The van der Waals surface area contributed by atoms with Gasteiger partial charge in [0.05, 0.1) is 0 Å². The van der Waals surface area contributed by atoms with Crippen LogP contribution in [0.5, 0.6) is 11.5 Å². The molecule has 0 radical (unpaired) electrons. The molecule has 1 aromatic heterocycles. The average Bonchev–Trinajstić information content (AvgIpc) is 3.28. The first kappa shape index (κ1) is 24.3. The highest BCUT2D eigenvalue weighted by atomic mass is 32.1. The van der Waals surface area contributed by atoms with Crippen molar-refractivity contribution in [2.24, 2.45) is 0 Å². The fraction of sp³-hybridized carbons (Fsp3) is 0.300. The van der Waals surface area contributed by atoms with Crippen molar-refractivity contribution >= 4 is 32.9 Å². The maximum absolute atomic E-state index is 13.8. The maximum Gasteiger partial charge on any atom is 0.195 e. The molecule has 0 unspecified atom stereocenters. The number of anilines is 1. The number of carbonyl (C=O) groups excluding carboxylic acids is 1. The molecule has 1 N–H and O–H groups in total. The summed E-state index contributed by atoms with van der Waals surface area (Å²) in [4.78, 5) is 19.2. The largest absolute Gasteiger partial charge is 0.508 e. The Morgan fingerprint density at radius 1 is 0.972 bits per heavy atom. The number of fused-ring (bicyclic) bond motifs is 1. The smallest absolute Gasteiger partial charge is 0.195 e. The van der Waals surface area contributed by atoms with E-state index in [1.807, 2.05) is 44.4 Å². The summed E-state index contributed by atoms with van der Waals surface area (Å²) in [6.45, 7) is 3.90. The number of phenols is 1. The van der Waals surface area contributed by atoms with Crippen LogP contribution in [-0.4, -0.2) is 56.1 Å². The Bertz CT molecular complexity index is 1340. The average molecular weight is 501 g/mol. The summed E-state index contributed by atoms with van der Waals surface area (Å²) in [5.74, 6) is 0.949. The first-order valence-electron chi connectivity index (χ1n) is 12.5. The minimum absolute atomic E-state index is 0.0292. The van der Waals surface area contributed by atoms with Gasteiger partial charge in [-0.2, -0.15) is 0 Å². The minimum atomic E-state index is -0.0292. The number of rotatable bonds is 8. The van der Waals surface area contributed by atoms with Crippen molar-refractivity contribution in [1.29, 1.82) is 0 Å². The van der Waals surface area contributed by atoms with Crippen molar-refractivity contribution in [3.8, 4) is 21.9 Å². The number of hydrogen-bond acceptors (Lipinski definition) is 6. The molecule has 1 fully saturated rings.